The van der Waals surface area contributed by atoms with Crippen LogP contribution in [0.2, 0.25) is 0 Å². The number of methoxy groups -OCH3 is 1. The first kappa shape index (κ1) is 19.4. The Morgan fingerprint density at radius 1 is 1.19 bits per heavy atom. The monoisotopic (exact) mass is 379 g/mol. The molecule has 1 fully saturated rings. The molecular weight excluding hydrogens is 350 g/mol. The SMILES string of the molecule is CCCc1noc(CN2CCCN(Cc3csc([C@H](C)OC)n3)CC2)n1. The second-order valence-electron chi connectivity index (χ2n) is 6.82. The van der Waals surface area contributed by atoms with E-state index in [1.807, 2.05) is 6.92 Å². The van der Waals surface area contributed by atoms with Gasteiger partial charge >= 0.3 is 0 Å². The molecule has 0 saturated carbocycles. The summed E-state index contributed by atoms with van der Waals surface area (Å²) < 4.78 is 10.7. The summed E-state index contributed by atoms with van der Waals surface area (Å²) in [6.45, 7) is 10.0. The Balaban J connectivity index is 1.49. The summed E-state index contributed by atoms with van der Waals surface area (Å²) in [5.74, 6) is 1.56. The molecule has 3 heterocycles. The van der Waals surface area contributed by atoms with Crippen LogP contribution in [0.1, 0.15) is 55.2 Å². The minimum absolute atomic E-state index is 0.0698. The van der Waals surface area contributed by atoms with Crippen molar-refractivity contribution < 1.29 is 9.26 Å². The van der Waals surface area contributed by atoms with Gasteiger partial charge in [0.05, 0.1) is 12.2 Å². The van der Waals surface area contributed by atoms with E-state index in [4.69, 9.17) is 14.2 Å². The van der Waals surface area contributed by atoms with Gasteiger partial charge in [0, 0.05) is 38.5 Å². The Morgan fingerprint density at radius 2 is 1.96 bits per heavy atom. The summed E-state index contributed by atoms with van der Waals surface area (Å²) in [6, 6.07) is 0. The molecule has 0 bridgehead atoms. The van der Waals surface area contributed by atoms with Gasteiger partial charge in [0.15, 0.2) is 5.82 Å². The first-order valence-electron chi connectivity index (χ1n) is 9.41. The molecule has 0 aromatic carbocycles. The molecule has 3 rings (SSSR count). The van der Waals surface area contributed by atoms with Crippen LogP contribution >= 0.6 is 11.3 Å². The molecule has 0 spiro atoms. The van der Waals surface area contributed by atoms with Crippen LogP contribution in [0, 0.1) is 0 Å². The molecule has 144 valence electrons. The van der Waals surface area contributed by atoms with Gasteiger partial charge in [-0.2, -0.15) is 4.98 Å². The van der Waals surface area contributed by atoms with E-state index in [-0.39, 0.29) is 6.10 Å². The second kappa shape index (κ2) is 9.55. The maximum atomic E-state index is 5.38. The number of thiazole rings is 1. The largest absolute Gasteiger partial charge is 0.375 e. The third kappa shape index (κ3) is 5.33. The number of nitrogens with zero attached hydrogens (tertiary/aromatic N) is 5. The van der Waals surface area contributed by atoms with E-state index in [0.29, 0.717) is 0 Å². The minimum Gasteiger partial charge on any atom is -0.375 e. The normalized spacial score (nSPS) is 18.1. The molecule has 2 aromatic heterocycles. The fourth-order valence-corrected chi connectivity index (χ4v) is 3.97. The molecule has 26 heavy (non-hydrogen) atoms. The van der Waals surface area contributed by atoms with Gasteiger partial charge in [-0.25, -0.2) is 4.98 Å². The minimum atomic E-state index is 0.0698. The summed E-state index contributed by atoms with van der Waals surface area (Å²) in [7, 11) is 1.73. The van der Waals surface area contributed by atoms with E-state index in [1.165, 1.54) is 0 Å². The fourth-order valence-electron chi connectivity index (χ4n) is 3.12. The Bertz CT molecular complexity index is 674. The van der Waals surface area contributed by atoms with Crippen LogP contribution in [-0.4, -0.2) is 58.2 Å². The number of aryl methyl sites for hydroxylation is 1. The van der Waals surface area contributed by atoms with Crippen molar-refractivity contribution in [3.8, 4) is 0 Å². The summed E-state index contributed by atoms with van der Waals surface area (Å²) >= 11 is 1.68. The molecule has 0 N–H and O–H groups in total. The van der Waals surface area contributed by atoms with Crippen molar-refractivity contribution in [1.82, 2.24) is 24.9 Å². The Labute approximate surface area is 159 Å². The van der Waals surface area contributed by atoms with Crippen LogP contribution in [0.15, 0.2) is 9.90 Å². The van der Waals surface area contributed by atoms with Crippen molar-refractivity contribution in [3.63, 3.8) is 0 Å². The van der Waals surface area contributed by atoms with Crippen molar-refractivity contribution >= 4 is 11.3 Å². The van der Waals surface area contributed by atoms with E-state index < -0.39 is 0 Å². The number of ether oxygens (including phenoxy) is 1. The van der Waals surface area contributed by atoms with Crippen molar-refractivity contribution in [2.24, 2.45) is 0 Å². The van der Waals surface area contributed by atoms with E-state index in [2.05, 4.69) is 32.2 Å². The molecular formula is C18H29N5O2S. The average Bonchev–Trinajstić information content (AvgIpc) is 3.22. The van der Waals surface area contributed by atoms with Gasteiger partial charge in [-0.15, -0.1) is 11.3 Å². The molecule has 1 aliphatic heterocycles. The van der Waals surface area contributed by atoms with E-state index >= 15 is 0 Å². The van der Waals surface area contributed by atoms with Gasteiger partial charge in [-0.1, -0.05) is 12.1 Å². The maximum Gasteiger partial charge on any atom is 0.240 e. The summed E-state index contributed by atoms with van der Waals surface area (Å²) in [6.07, 6.45) is 3.13. The van der Waals surface area contributed by atoms with Crippen molar-refractivity contribution in [2.45, 2.75) is 52.3 Å². The average molecular weight is 380 g/mol. The quantitative estimate of drug-likeness (QED) is 0.698. The Morgan fingerprint density at radius 3 is 2.69 bits per heavy atom. The van der Waals surface area contributed by atoms with Gasteiger partial charge in [0.25, 0.3) is 0 Å². The van der Waals surface area contributed by atoms with E-state index in [9.17, 15) is 0 Å². The third-order valence-corrected chi connectivity index (χ3v) is 5.73. The molecule has 0 unspecified atom stereocenters. The second-order valence-corrected chi connectivity index (χ2v) is 7.70. The highest BCUT2D eigenvalue weighted by Gasteiger charge is 2.19. The van der Waals surface area contributed by atoms with Crippen LogP contribution in [0.3, 0.4) is 0 Å². The molecule has 1 saturated heterocycles. The highest BCUT2D eigenvalue weighted by molar-refractivity contribution is 7.09. The third-order valence-electron chi connectivity index (χ3n) is 4.68. The van der Waals surface area contributed by atoms with Crippen LogP contribution in [0.5, 0.6) is 0 Å². The van der Waals surface area contributed by atoms with E-state index in [1.54, 1.807) is 18.4 Å². The lowest BCUT2D eigenvalue weighted by atomic mass is 10.3. The number of rotatable bonds is 8. The fraction of sp³-hybridized carbons (Fsp3) is 0.722. The number of aromatic nitrogens is 3. The number of hydrogen-bond donors (Lipinski definition) is 0. The van der Waals surface area contributed by atoms with Gasteiger partial charge in [-0.05, 0) is 32.9 Å². The topological polar surface area (TPSA) is 67.5 Å². The van der Waals surface area contributed by atoms with Crippen LogP contribution in [-0.2, 0) is 24.2 Å². The standard InChI is InChI=1S/C18H29N5O2S/c1-4-6-16-20-17(25-21-16)12-23-8-5-7-22(9-10-23)11-15-13-26-18(19-15)14(2)24-3/h13-14H,4-12H2,1-3H3/t14-/m0/s1. The zero-order valence-corrected chi connectivity index (χ0v) is 16.8. The Kier molecular flexibility index (Phi) is 7.13. The molecule has 0 radical (unpaired) electrons. The molecule has 2 aromatic rings. The lowest BCUT2D eigenvalue weighted by Gasteiger charge is -2.20. The van der Waals surface area contributed by atoms with Crippen LogP contribution < -0.4 is 0 Å². The van der Waals surface area contributed by atoms with Gasteiger partial charge in [0.1, 0.15) is 11.1 Å². The summed E-state index contributed by atoms with van der Waals surface area (Å²) in [5, 5.41) is 7.26. The van der Waals surface area contributed by atoms with Crippen molar-refractivity contribution in [3.05, 3.63) is 27.8 Å². The lowest BCUT2D eigenvalue weighted by Crippen LogP contribution is -2.30. The highest BCUT2D eigenvalue weighted by atomic mass is 32.1. The zero-order chi connectivity index (χ0) is 18.4. The predicted molar refractivity (Wildman–Crippen MR) is 101 cm³/mol. The Hall–Kier alpha value is -1.35. The first-order chi connectivity index (χ1) is 12.7. The number of hydrogen-bond acceptors (Lipinski definition) is 8. The summed E-state index contributed by atoms with van der Waals surface area (Å²) in [5.41, 5.74) is 1.14. The highest BCUT2D eigenvalue weighted by Crippen LogP contribution is 2.21. The smallest absolute Gasteiger partial charge is 0.240 e. The lowest BCUT2D eigenvalue weighted by molar-refractivity contribution is 0.119. The molecule has 1 atom stereocenters. The van der Waals surface area contributed by atoms with Crippen LogP contribution in [0.4, 0.5) is 0 Å². The van der Waals surface area contributed by atoms with E-state index in [0.717, 1.165) is 80.9 Å². The summed E-state index contributed by atoms with van der Waals surface area (Å²) in [4.78, 5) is 14.1. The molecule has 8 heteroatoms. The van der Waals surface area contributed by atoms with Crippen molar-refractivity contribution in [1.29, 1.82) is 0 Å². The zero-order valence-electron chi connectivity index (χ0n) is 16.0. The van der Waals surface area contributed by atoms with Crippen molar-refractivity contribution in [2.75, 3.05) is 33.3 Å². The molecule has 0 amide bonds. The molecule has 7 nitrogen and oxygen atoms in total. The van der Waals surface area contributed by atoms with Gasteiger partial charge in [-0.3, -0.25) is 9.80 Å². The molecule has 0 aliphatic carbocycles. The van der Waals surface area contributed by atoms with Gasteiger partial charge in [0.2, 0.25) is 5.89 Å². The van der Waals surface area contributed by atoms with Crippen LogP contribution in [0.25, 0.3) is 0 Å². The predicted octanol–water partition coefficient (Wildman–Crippen LogP) is 2.89. The molecule has 1 aliphatic rings. The first-order valence-corrected chi connectivity index (χ1v) is 10.3. The maximum absolute atomic E-state index is 5.38. The van der Waals surface area contributed by atoms with Gasteiger partial charge < -0.3 is 9.26 Å².